The van der Waals surface area contributed by atoms with Crippen LogP contribution in [0.3, 0.4) is 0 Å². The molecule has 7 nitrogen and oxygen atoms in total. The zero-order valence-electron chi connectivity index (χ0n) is 15.1. The second-order valence-corrected chi connectivity index (χ2v) is 5.94. The fraction of sp³-hybridized carbons (Fsp3) is 0.111. The molecule has 0 unspecified atom stereocenters. The first-order valence-corrected chi connectivity index (χ1v) is 8.21. The van der Waals surface area contributed by atoms with Gasteiger partial charge in [0, 0.05) is 6.07 Å². The molecular formula is C18H11F6N3O4. The minimum absolute atomic E-state index is 0.0165. The molecule has 3 rings (SSSR count). The van der Waals surface area contributed by atoms with E-state index < -0.39 is 35.5 Å². The number of halogens is 6. The SMILES string of the molecule is Nc1cc(=O)n(-c2ccc(OC(F)(F)F)cc2)c(=O)n1-c1ccc(OC(F)(F)F)cc1. The molecule has 2 aromatic carbocycles. The highest BCUT2D eigenvalue weighted by Gasteiger charge is 2.31. The fourth-order valence-corrected chi connectivity index (χ4v) is 2.65. The molecule has 0 fully saturated rings. The summed E-state index contributed by atoms with van der Waals surface area (Å²) in [6.45, 7) is 0. The maximum atomic E-state index is 12.9. The highest BCUT2D eigenvalue weighted by atomic mass is 19.4. The number of benzene rings is 2. The van der Waals surface area contributed by atoms with Crippen LogP contribution in [0.1, 0.15) is 0 Å². The van der Waals surface area contributed by atoms with E-state index >= 15 is 0 Å². The number of aromatic nitrogens is 2. The first kappa shape index (κ1) is 21.8. The average Bonchev–Trinajstić information content (AvgIpc) is 2.61. The summed E-state index contributed by atoms with van der Waals surface area (Å²) in [4.78, 5) is 25.1. The third-order valence-electron chi connectivity index (χ3n) is 3.79. The van der Waals surface area contributed by atoms with Crippen LogP contribution < -0.4 is 26.5 Å². The zero-order valence-corrected chi connectivity index (χ0v) is 15.1. The monoisotopic (exact) mass is 447 g/mol. The largest absolute Gasteiger partial charge is 0.573 e. The number of hydrogen-bond acceptors (Lipinski definition) is 5. The topological polar surface area (TPSA) is 88.5 Å². The van der Waals surface area contributed by atoms with Gasteiger partial charge in [-0.2, -0.15) is 0 Å². The number of hydrogen-bond donors (Lipinski definition) is 1. The fourth-order valence-electron chi connectivity index (χ4n) is 2.65. The van der Waals surface area contributed by atoms with E-state index in [4.69, 9.17) is 5.73 Å². The number of ether oxygens (including phenoxy) is 2. The van der Waals surface area contributed by atoms with Gasteiger partial charge in [0.2, 0.25) is 0 Å². The number of nitrogen functional groups attached to an aromatic ring is 1. The summed E-state index contributed by atoms with van der Waals surface area (Å²) < 4.78 is 82.6. The summed E-state index contributed by atoms with van der Waals surface area (Å²) in [5.41, 5.74) is 3.78. The summed E-state index contributed by atoms with van der Waals surface area (Å²) in [5, 5.41) is 0. The van der Waals surface area contributed by atoms with Crippen LogP contribution >= 0.6 is 0 Å². The molecule has 2 N–H and O–H groups in total. The normalized spacial score (nSPS) is 11.9. The Morgan fingerprint density at radius 1 is 0.677 bits per heavy atom. The van der Waals surface area contributed by atoms with E-state index in [9.17, 15) is 35.9 Å². The lowest BCUT2D eigenvalue weighted by Crippen LogP contribution is -2.38. The van der Waals surface area contributed by atoms with Crippen molar-refractivity contribution in [2.75, 3.05) is 5.73 Å². The van der Waals surface area contributed by atoms with Gasteiger partial charge in [0.05, 0.1) is 11.4 Å². The van der Waals surface area contributed by atoms with Gasteiger partial charge in [-0.05, 0) is 48.5 Å². The second kappa shape index (κ2) is 7.74. The Bertz CT molecular complexity index is 1200. The van der Waals surface area contributed by atoms with Crippen LogP contribution in [0.5, 0.6) is 11.5 Å². The number of anilines is 1. The minimum atomic E-state index is -4.92. The summed E-state index contributed by atoms with van der Waals surface area (Å²) in [7, 11) is 0. The molecule has 0 amide bonds. The molecule has 0 saturated carbocycles. The Hall–Kier alpha value is -3.90. The van der Waals surface area contributed by atoms with Gasteiger partial charge < -0.3 is 15.2 Å². The highest BCUT2D eigenvalue weighted by Crippen LogP contribution is 2.25. The van der Waals surface area contributed by atoms with E-state index in [1.54, 1.807) is 0 Å². The molecule has 31 heavy (non-hydrogen) atoms. The number of nitrogens with zero attached hydrogens (tertiary/aromatic N) is 2. The molecule has 0 saturated heterocycles. The molecule has 1 aromatic heterocycles. The molecule has 0 atom stereocenters. The molecule has 0 aliphatic rings. The van der Waals surface area contributed by atoms with Gasteiger partial charge in [-0.1, -0.05) is 0 Å². The molecular weight excluding hydrogens is 436 g/mol. The van der Waals surface area contributed by atoms with Crippen molar-refractivity contribution < 1.29 is 35.8 Å². The molecule has 0 spiro atoms. The molecule has 13 heteroatoms. The van der Waals surface area contributed by atoms with Crippen LogP contribution in [0, 0.1) is 0 Å². The van der Waals surface area contributed by atoms with Crippen molar-refractivity contribution in [2.45, 2.75) is 12.7 Å². The lowest BCUT2D eigenvalue weighted by atomic mass is 10.3. The van der Waals surface area contributed by atoms with Crippen molar-refractivity contribution in [1.29, 1.82) is 0 Å². The predicted octanol–water partition coefficient (Wildman–Crippen LogP) is 3.37. The van der Waals surface area contributed by atoms with Crippen molar-refractivity contribution in [3.63, 3.8) is 0 Å². The smallest absolute Gasteiger partial charge is 0.406 e. The van der Waals surface area contributed by atoms with Crippen molar-refractivity contribution >= 4 is 5.82 Å². The van der Waals surface area contributed by atoms with E-state index in [1.807, 2.05) is 0 Å². The molecule has 0 radical (unpaired) electrons. The molecule has 1 heterocycles. The summed E-state index contributed by atoms with van der Waals surface area (Å²) in [6.07, 6.45) is -9.83. The van der Waals surface area contributed by atoms with Gasteiger partial charge >= 0.3 is 18.4 Å². The van der Waals surface area contributed by atoms with Crippen molar-refractivity contribution in [3.8, 4) is 22.9 Å². The molecule has 0 bridgehead atoms. The van der Waals surface area contributed by atoms with E-state index in [0.717, 1.165) is 59.2 Å². The standard InChI is InChI=1S/C18H11F6N3O4/c19-17(20,21)30-12-5-1-10(2-6-12)26-14(25)9-15(28)27(16(26)29)11-3-7-13(8-4-11)31-18(22,23)24/h1-9H,25H2. The van der Waals surface area contributed by atoms with Crippen LogP contribution in [0.4, 0.5) is 32.2 Å². The number of nitrogens with two attached hydrogens (primary N) is 1. The molecule has 0 aliphatic carbocycles. The maximum Gasteiger partial charge on any atom is 0.573 e. The predicted molar refractivity (Wildman–Crippen MR) is 95.4 cm³/mol. The van der Waals surface area contributed by atoms with Crippen molar-refractivity contribution in [3.05, 3.63) is 75.4 Å². The first-order chi connectivity index (χ1) is 14.3. The Kier molecular flexibility index (Phi) is 5.44. The Balaban J connectivity index is 2.03. The van der Waals surface area contributed by atoms with E-state index in [-0.39, 0.29) is 17.2 Å². The number of alkyl halides is 6. The molecule has 164 valence electrons. The Morgan fingerprint density at radius 3 is 1.45 bits per heavy atom. The summed E-state index contributed by atoms with van der Waals surface area (Å²) in [5.74, 6) is -1.43. The van der Waals surface area contributed by atoms with Gasteiger partial charge in [0.25, 0.3) is 5.56 Å². The highest BCUT2D eigenvalue weighted by molar-refractivity contribution is 5.46. The Labute approximate surface area is 168 Å². The number of rotatable bonds is 4. The van der Waals surface area contributed by atoms with Gasteiger partial charge in [0.1, 0.15) is 17.3 Å². The van der Waals surface area contributed by atoms with Crippen LogP contribution in [0.15, 0.2) is 64.2 Å². The first-order valence-electron chi connectivity index (χ1n) is 8.21. The quantitative estimate of drug-likeness (QED) is 0.620. The maximum absolute atomic E-state index is 12.9. The van der Waals surface area contributed by atoms with Gasteiger partial charge in [-0.25, -0.2) is 13.9 Å². The lowest BCUT2D eigenvalue weighted by molar-refractivity contribution is -0.275. The van der Waals surface area contributed by atoms with Gasteiger partial charge in [-0.3, -0.25) is 4.79 Å². The third-order valence-corrected chi connectivity index (χ3v) is 3.79. The average molecular weight is 447 g/mol. The van der Waals surface area contributed by atoms with E-state index in [1.165, 1.54) is 0 Å². The summed E-state index contributed by atoms with van der Waals surface area (Å²) >= 11 is 0. The van der Waals surface area contributed by atoms with E-state index in [0.29, 0.717) is 4.57 Å². The van der Waals surface area contributed by atoms with Crippen LogP contribution in [-0.4, -0.2) is 21.9 Å². The van der Waals surface area contributed by atoms with Gasteiger partial charge in [-0.15, -0.1) is 26.3 Å². The minimum Gasteiger partial charge on any atom is -0.406 e. The van der Waals surface area contributed by atoms with Crippen LogP contribution in [0.2, 0.25) is 0 Å². The van der Waals surface area contributed by atoms with Crippen molar-refractivity contribution in [1.82, 2.24) is 9.13 Å². The second-order valence-electron chi connectivity index (χ2n) is 5.94. The van der Waals surface area contributed by atoms with Crippen LogP contribution in [0.25, 0.3) is 11.4 Å². The van der Waals surface area contributed by atoms with Crippen LogP contribution in [-0.2, 0) is 0 Å². The molecule has 3 aromatic rings. The zero-order chi connectivity index (χ0) is 23.0. The lowest BCUT2D eigenvalue weighted by Gasteiger charge is -2.14. The Morgan fingerprint density at radius 2 is 1.06 bits per heavy atom. The van der Waals surface area contributed by atoms with E-state index in [2.05, 4.69) is 9.47 Å². The van der Waals surface area contributed by atoms with Crippen molar-refractivity contribution in [2.24, 2.45) is 0 Å². The molecule has 0 aliphatic heterocycles. The third kappa shape index (κ3) is 5.18. The van der Waals surface area contributed by atoms with Gasteiger partial charge in [0.15, 0.2) is 0 Å². The summed E-state index contributed by atoms with van der Waals surface area (Å²) in [6, 6.07) is 8.86.